The maximum atomic E-state index is 12.6. The Morgan fingerprint density at radius 2 is 1.60 bits per heavy atom. The van der Waals surface area contributed by atoms with Gasteiger partial charge in [0.15, 0.2) is 5.13 Å². The number of hydrogen-bond acceptors (Lipinski definition) is 4. The molecule has 4 nitrogen and oxygen atoms in total. The fourth-order valence-corrected chi connectivity index (χ4v) is 4.43. The molecule has 0 saturated carbocycles. The zero-order chi connectivity index (χ0) is 18.1. The van der Waals surface area contributed by atoms with Crippen LogP contribution >= 0.6 is 11.3 Å². The smallest absolute Gasteiger partial charge is 0.255 e. The summed E-state index contributed by atoms with van der Waals surface area (Å²) < 4.78 is 27.7. The van der Waals surface area contributed by atoms with E-state index in [0.29, 0.717) is 5.13 Å². The molecule has 2 aromatic carbocycles. The van der Waals surface area contributed by atoms with E-state index in [-0.39, 0.29) is 10.3 Å². The lowest BCUT2D eigenvalue weighted by Gasteiger charge is -2.19. The van der Waals surface area contributed by atoms with Crippen LogP contribution in [0.4, 0.5) is 5.13 Å². The van der Waals surface area contributed by atoms with Crippen molar-refractivity contribution in [2.75, 3.05) is 4.72 Å². The van der Waals surface area contributed by atoms with E-state index in [1.54, 1.807) is 18.3 Å². The van der Waals surface area contributed by atoms with Crippen LogP contribution in [-0.4, -0.2) is 13.4 Å². The number of benzene rings is 2. The lowest BCUT2D eigenvalue weighted by Crippen LogP contribution is -2.14. The topological polar surface area (TPSA) is 59.1 Å². The summed E-state index contributed by atoms with van der Waals surface area (Å²) in [6, 6.07) is 16.7. The van der Waals surface area contributed by atoms with Gasteiger partial charge in [-0.25, -0.2) is 13.4 Å². The van der Waals surface area contributed by atoms with E-state index in [1.807, 2.05) is 42.5 Å². The van der Waals surface area contributed by atoms with E-state index in [4.69, 9.17) is 0 Å². The molecule has 0 aliphatic heterocycles. The van der Waals surface area contributed by atoms with Crippen LogP contribution in [0.5, 0.6) is 0 Å². The molecule has 0 aliphatic carbocycles. The van der Waals surface area contributed by atoms with Crippen LogP contribution in [-0.2, 0) is 15.4 Å². The first-order valence-corrected chi connectivity index (χ1v) is 10.2. The highest BCUT2D eigenvalue weighted by molar-refractivity contribution is 7.93. The van der Waals surface area contributed by atoms with Crippen LogP contribution < -0.4 is 4.72 Å². The largest absolute Gasteiger partial charge is 0.263 e. The zero-order valence-electron chi connectivity index (χ0n) is 14.4. The van der Waals surface area contributed by atoms with Gasteiger partial charge in [-0.1, -0.05) is 74.6 Å². The molecule has 0 bridgehead atoms. The van der Waals surface area contributed by atoms with Crippen LogP contribution in [0, 0.1) is 0 Å². The number of hydrogen-bond donors (Lipinski definition) is 1. The molecule has 1 heterocycles. The SMILES string of the molecule is CC(C)(C)c1ccc(S(=O)(=O)Nc2ncc(-c3ccccc3)s2)cc1. The van der Waals surface area contributed by atoms with Crippen LogP contribution in [0.25, 0.3) is 10.4 Å². The second-order valence-electron chi connectivity index (χ2n) is 6.78. The molecule has 130 valence electrons. The van der Waals surface area contributed by atoms with Gasteiger partial charge in [-0.15, -0.1) is 0 Å². The molecule has 0 unspecified atom stereocenters. The van der Waals surface area contributed by atoms with E-state index in [9.17, 15) is 8.42 Å². The van der Waals surface area contributed by atoms with Gasteiger partial charge in [0.2, 0.25) is 0 Å². The predicted molar refractivity (Wildman–Crippen MR) is 104 cm³/mol. The van der Waals surface area contributed by atoms with E-state index < -0.39 is 10.0 Å². The number of sulfonamides is 1. The predicted octanol–water partition coefficient (Wildman–Crippen LogP) is 4.91. The number of aromatic nitrogens is 1. The Hall–Kier alpha value is -2.18. The fourth-order valence-electron chi connectivity index (χ4n) is 2.37. The molecular weight excluding hydrogens is 352 g/mol. The first kappa shape index (κ1) is 17.6. The zero-order valence-corrected chi connectivity index (χ0v) is 16.0. The summed E-state index contributed by atoms with van der Waals surface area (Å²) >= 11 is 1.31. The van der Waals surface area contributed by atoms with E-state index in [1.165, 1.54) is 11.3 Å². The van der Waals surface area contributed by atoms with Gasteiger partial charge in [-0.3, -0.25) is 4.72 Å². The highest BCUT2D eigenvalue weighted by atomic mass is 32.2. The quantitative estimate of drug-likeness (QED) is 0.708. The lowest BCUT2D eigenvalue weighted by molar-refractivity contribution is 0.587. The number of nitrogens with zero attached hydrogens (tertiary/aromatic N) is 1. The summed E-state index contributed by atoms with van der Waals surface area (Å²) in [6.07, 6.45) is 1.68. The Morgan fingerprint density at radius 1 is 0.960 bits per heavy atom. The molecule has 0 spiro atoms. The minimum absolute atomic E-state index is 0.0182. The van der Waals surface area contributed by atoms with Gasteiger partial charge < -0.3 is 0 Å². The standard InChI is InChI=1S/C19H20N2O2S2/c1-19(2,3)15-9-11-16(12-10-15)25(22,23)21-18-20-13-17(24-18)14-7-5-4-6-8-14/h4-13H,1-3H3,(H,20,21). The van der Waals surface area contributed by atoms with Crippen LogP contribution in [0.3, 0.4) is 0 Å². The van der Waals surface area contributed by atoms with E-state index >= 15 is 0 Å². The van der Waals surface area contributed by atoms with Crippen LogP contribution in [0.1, 0.15) is 26.3 Å². The van der Waals surface area contributed by atoms with Crippen molar-refractivity contribution >= 4 is 26.5 Å². The van der Waals surface area contributed by atoms with Crippen molar-refractivity contribution in [3.8, 4) is 10.4 Å². The summed E-state index contributed by atoms with van der Waals surface area (Å²) in [5.74, 6) is 0. The second kappa shape index (κ2) is 6.61. The highest BCUT2D eigenvalue weighted by Gasteiger charge is 2.19. The first-order chi connectivity index (χ1) is 11.8. The monoisotopic (exact) mass is 372 g/mol. The van der Waals surface area contributed by atoms with Gasteiger partial charge in [0.1, 0.15) is 0 Å². The molecule has 0 fully saturated rings. The molecule has 0 atom stereocenters. The van der Waals surface area contributed by atoms with Gasteiger partial charge in [0.25, 0.3) is 10.0 Å². The Morgan fingerprint density at radius 3 is 2.20 bits per heavy atom. The summed E-state index contributed by atoms with van der Waals surface area (Å²) in [7, 11) is -3.65. The van der Waals surface area contributed by atoms with Crippen molar-refractivity contribution < 1.29 is 8.42 Å². The molecule has 6 heteroatoms. The molecule has 25 heavy (non-hydrogen) atoms. The van der Waals surface area contributed by atoms with Crippen molar-refractivity contribution in [2.24, 2.45) is 0 Å². The molecular formula is C19H20N2O2S2. The Labute approximate surface area is 152 Å². The summed E-state index contributed by atoms with van der Waals surface area (Å²) in [5.41, 5.74) is 2.09. The third-order valence-corrected chi connectivity index (χ3v) is 6.26. The molecule has 0 saturated heterocycles. The molecule has 1 N–H and O–H groups in total. The first-order valence-electron chi connectivity index (χ1n) is 7.90. The van der Waals surface area contributed by atoms with Crippen molar-refractivity contribution in [3.05, 3.63) is 66.4 Å². The van der Waals surface area contributed by atoms with Crippen LogP contribution in [0.2, 0.25) is 0 Å². The van der Waals surface area contributed by atoms with Gasteiger partial charge in [-0.2, -0.15) is 0 Å². The van der Waals surface area contributed by atoms with E-state index in [0.717, 1.165) is 16.0 Å². The fraction of sp³-hybridized carbons (Fsp3) is 0.211. The number of thiazole rings is 1. The summed E-state index contributed by atoms with van der Waals surface area (Å²) in [5, 5.41) is 0.360. The van der Waals surface area contributed by atoms with Gasteiger partial charge in [0.05, 0.1) is 9.77 Å². The Bertz CT molecular complexity index is 955. The Balaban J connectivity index is 1.81. The number of nitrogens with one attached hydrogen (secondary N) is 1. The van der Waals surface area contributed by atoms with Crippen molar-refractivity contribution in [2.45, 2.75) is 31.1 Å². The minimum atomic E-state index is -3.65. The van der Waals surface area contributed by atoms with Gasteiger partial charge >= 0.3 is 0 Å². The summed E-state index contributed by atoms with van der Waals surface area (Å²) in [4.78, 5) is 5.34. The van der Waals surface area contributed by atoms with Crippen molar-refractivity contribution in [1.29, 1.82) is 0 Å². The van der Waals surface area contributed by atoms with Crippen LogP contribution in [0.15, 0.2) is 65.7 Å². The number of rotatable bonds is 4. The van der Waals surface area contributed by atoms with Crippen molar-refractivity contribution in [3.63, 3.8) is 0 Å². The maximum absolute atomic E-state index is 12.6. The highest BCUT2D eigenvalue weighted by Crippen LogP contribution is 2.30. The lowest BCUT2D eigenvalue weighted by atomic mass is 9.87. The third-order valence-electron chi connectivity index (χ3n) is 3.82. The second-order valence-corrected chi connectivity index (χ2v) is 9.49. The molecule has 3 aromatic rings. The molecule has 0 amide bonds. The van der Waals surface area contributed by atoms with Gasteiger partial charge in [0, 0.05) is 6.20 Å². The third kappa shape index (κ3) is 4.08. The molecule has 1 aromatic heterocycles. The normalized spacial score (nSPS) is 12.1. The van der Waals surface area contributed by atoms with Gasteiger partial charge in [-0.05, 0) is 28.7 Å². The average molecular weight is 373 g/mol. The maximum Gasteiger partial charge on any atom is 0.263 e. The van der Waals surface area contributed by atoms with E-state index in [2.05, 4.69) is 30.5 Å². The molecule has 3 rings (SSSR count). The molecule has 0 radical (unpaired) electrons. The average Bonchev–Trinajstić information content (AvgIpc) is 3.03. The van der Waals surface area contributed by atoms with Crippen molar-refractivity contribution in [1.82, 2.24) is 4.98 Å². The molecule has 0 aliphatic rings. The minimum Gasteiger partial charge on any atom is -0.255 e. The summed E-state index contributed by atoms with van der Waals surface area (Å²) in [6.45, 7) is 6.28. The number of anilines is 1. The Kier molecular flexibility index (Phi) is 4.67.